The van der Waals surface area contributed by atoms with Crippen LogP contribution in [0.1, 0.15) is 11.1 Å². The Balaban J connectivity index is 1.69. The minimum Gasteiger partial charge on any atom is -0.497 e. The maximum absolute atomic E-state index is 5.11. The van der Waals surface area contributed by atoms with Crippen LogP contribution in [0.3, 0.4) is 0 Å². The van der Waals surface area contributed by atoms with Crippen molar-refractivity contribution in [3.8, 4) is 11.6 Å². The zero-order chi connectivity index (χ0) is 16.1. The summed E-state index contributed by atoms with van der Waals surface area (Å²) in [7, 11) is 1.64. The van der Waals surface area contributed by atoms with E-state index in [2.05, 4.69) is 25.6 Å². The summed E-state index contributed by atoms with van der Waals surface area (Å²) in [5.74, 6) is 2.08. The fourth-order valence-corrected chi connectivity index (χ4v) is 1.93. The van der Waals surface area contributed by atoms with Crippen LogP contribution in [-0.4, -0.2) is 33.1 Å². The van der Waals surface area contributed by atoms with Gasteiger partial charge in [0, 0.05) is 12.3 Å². The Hall–Kier alpha value is -3.22. The molecule has 0 spiro atoms. The van der Waals surface area contributed by atoms with Crippen LogP contribution < -0.4 is 10.2 Å². The van der Waals surface area contributed by atoms with Gasteiger partial charge in [-0.2, -0.15) is 10.2 Å². The first-order valence-corrected chi connectivity index (χ1v) is 7.01. The van der Waals surface area contributed by atoms with Gasteiger partial charge in [-0.05, 0) is 42.3 Å². The molecule has 1 aromatic carbocycles. The van der Waals surface area contributed by atoms with E-state index in [-0.39, 0.29) is 0 Å². The van der Waals surface area contributed by atoms with Gasteiger partial charge in [0.15, 0.2) is 11.6 Å². The van der Waals surface area contributed by atoms with Crippen molar-refractivity contribution in [2.45, 2.75) is 6.92 Å². The number of rotatable bonds is 5. The first-order chi connectivity index (χ1) is 11.2. The predicted octanol–water partition coefficient (Wildman–Crippen LogP) is 2.43. The highest BCUT2D eigenvalue weighted by molar-refractivity contribution is 5.80. The molecular weight excluding hydrogens is 292 g/mol. The van der Waals surface area contributed by atoms with E-state index in [4.69, 9.17) is 4.74 Å². The van der Waals surface area contributed by atoms with E-state index in [1.165, 1.54) is 6.33 Å². The summed E-state index contributed by atoms with van der Waals surface area (Å²) < 4.78 is 6.80. The van der Waals surface area contributed by atoms with Crippen LogP contribution >= 0.6 is 0 Å². The van der Waals surface area contributed by atoms with E-state index >= 15 is 0 Å². The number of anilines is 1. The summed E-state index contributed by atoms with van der Waals surface area (Å²) in [4.78, 5) is 8.33. The normalized spacial score (nSPS) is 10.9. The number of hydrazone groups is 1. The van der Waals surface area contributed by atoms with Crippen LogP contribution in [0.25, 0.3) is 5.82 Å². The topological polar surface area (TPSA) is 77.2 Å². The van der Waals surface area contributed by atoms with E-state index in [0.29, 0.717) is 11.6 Å². The third kappa shape index (κ3) is 3.70. The van der Waals surface area contributed by atoms with Gasteiger partial charge < -0.3 is 4.74 Å². The molecule has 7 nitrogen and oxygen atoms in total. The minimum atomic E-state index is 0.591. The third-order valence-corrected chi connectivity index (χ3v) is 3.11. The largest absolute Gasteiger partial charge is 0.497 e. The van der Waals surface area contributed by atoms with Crippen molar-refractivity contribution >= 4 is 12.0 Å². The Labute approximate surface area is 133 Å². The zero-order valence-corrected chi connectivity index (χ0v) is 12.8. The lowest BCUT2D eigenvalue weighted by Gasteiger charge is -2.03. The van der Waals surface area contributed by atoms with Gasteiger partial charge in [0.1, 0.15) is 12.1 Å². The maximum Gasteiger partial charge on any atom is 0.158 e. The zero-order valence-electron chi connectivity index (χ0n) is 12.8. The van der Waals surface area contributed by atoms with Crippen molar-refractivity contribution in [3.05, 3.63) is 60.2 Å². The molecule has 0 saturated carbocycles. The second-order valence-electron chi connectivity index (χ2n) is 4.87. The molecule has 0 aliphatic heterocycles. The number of nitrogens with one attached hydrogen (secondary N) is 1. The first-order valence-electron chi connectivity index (χ1n) is 7.01. The Bertz CT molecular complexity index is 809. The van der Waals surface area contributed by atoms with Gasteiger partial charge in [-0.15, -0.1) is 0 Å². The molecule has 0 saturated heterocycles. The van der Waals surface area contributed by atoms with Crippen molar-refractivity contribution < 1.29 is 4.74 Å². The third-order valence-electron chi connectivity index (χ3n) is 3.11. The monoisotopic (exact) mass is 308 g/mol. The quantitative estimate of drug-likeness (QED) is 0.578. The molecule has 0 fully saturated rings. The van der Waals surface area contributed by atoms with Gasteiger partial charge in [0.25, 0.3) is 0 Å². The van der Waals surface area contributed by atoms with Gasteiger partial charge in [-0.3, -0.25) is 5.43 Å². The van der Waals surface area contributed by atoms with E-state index in [0.717, 1.165) is 16.9 Å². The molecule has 3 aromatic rings. The van der Waals surface area contributed by atoms with Crippen molar-refractivity contribution in [2.75, 3.05) is 12.5 Å². The predicted molar refractivity (Wildman–Crippen MR) is 88.1 cm³/mol. The van der Waals surface area contributed by atoms with Crippen LogP contribution in [0.15, 0.2) is 54.2 Å². The number of hydrogen-bond donors (Lipinski definition) is 1. The van der Waals surface area contributed by atoms with Crippen molar-refractivity contribution in [3.63, 3.8) is 0 Å². The summed E-state index contributed by atoms with van der Waals surface area (Å²) in [6, 6.07) is 9.37. The van der Waals surface area contributed by atoms with Gasteiger partial charge in [0.05, 0.1) is 19.5 Å². The Kier molecular flexibility index (Phi) is 4.28. The highest BCUT2D eigenvalue weighted by Gasteiger charge is 2.01. The molecule has 116 valence electrons. The maximum atomic E-state index is 5.11. The van der Waals surface area contributed by atoms with Crippen molar-refractivity contribution in [1.82, 2.24) is 19.7 Å². The lowest BCUT2D eigenvalue weighted by atomic mass is 10.2. The second-order valence-corrected chi connectivity index (χ2v) is 4.87. The van der Waals surface area contributed by atoms with Crippen LogP contribution in [0.5, 0.6) is 5.75 Å². The number of aromatic nitrogens is 4. The Morgan fingerprint density at radius 1 is 1.22 bits per heavy atom. The fourth-order valence-electron chi connectivity index (χ4n) is 1.93. The average molecular weight is 308 g/mol. The van der Waals surface area contributed by atoms with Crippen LogP contribution in [0, 0.1) is 6.92 Å². The van der Waals surface area contributed by atoms with Crippen molar-refractivity contribution in [1.29, 1.82) is 0 Å². The molecule has 1 N–H and O–H groups in total. The highest BCUT2D eigenvalue weighted by atomic mass is 16.5. The smallest absolute Gasteiger partial charge is 0.158 e. The summed E-state index contributed by atoms with van der Waals surface area (Å²) >= 11 is 0. The summed E-state index contributed by atoms with van der Waals surface area (Å²) in [5, 5.41) is 8.39. The summed E-state index contributed by atoms with van der Waals surface area (Å²) in [6.07, 6.45) is 6.85. The number of hydrogen-bond acceptors (Lipinski definition) is 6. The van der Waals surface area contributed by atoms with Gasteiger partial charge >= 0.3 is 0 Å². The molecule has 0 aliphatic carbocycles. The molecule has 0 bridgehead atoms. The molecule has 2 heterocycles. The molecule has 3 rings (SSSR count). The standard InChI is InChI=1S/C16H16N6O/c1-12-8-20-22(10-12)16-7-15(17-11-18-16)21-19-9-13-3-5-14(23-2)6-4-13/h3-11H,1-2H3,(H,17,18,21)/b19-9-. The van der Waals surface area contributed by atoms with Crippen LogP contribution in [0.4, 0.5) is 5.82 Å². The minimum absolute atomic E-state index is 0.591. The SMILES string of the molecule is COc1ccc(/C=N\Nc2cc(-n3cc(C)cn3)ncn2)cc1. The second kappa shape index (κ2) is 6.69. The highest BCUT2D eigenvalue weighted by Crippen LogP contribution is 2.11. The van der Waals surface area contributed by atoms with E-state index < -0.39 is 0 Å². The summed E-state index contributed by atoms with van der Waals surface area (Å²) in [6.45, 7) is 1.98. The summed E-state index contributed by atoms with van der Waals surface area (Å²) in [5.41, 5.74) is 4.90. The molecular formula is C16H16N6O. The average Bonchev–Trinajstić information content (AvgIpc) is 3.02. The molecule has 2 aromatic heterocycles. The number of aryl methyl sites for hydroxylation is 1. The van der Waals surface area contributed by atoms with Crippen LogP contribution in [-0.2, 0) is 0 Å². The molecule has 0 radical (unpaired) electrons. The molecule has 7 heteroatoms. The number of benzene rings is 1. The number of methoxy groups -OCH3 is 1. The fraction of sp³-hybridized carbons (Fsp3) is 0.125. The molecule has 0 aliphatic rings. The Morgan fingerprint density at radius 3 is 2.74 bits per heavy atom. The lowest BCUT2D eigenvalue weighted by molar-refractivity contribution is 0.415. The number of ether oxygens (including phenoxy) is 1. The molecule has 0 unspecified atom stereocenters. The van der Waals surface area contributed by atoms with Gasteiger partial charge in [-0.25, -0.2) is 14.6 Å². The van der Waals surface area contributed by atoms with Crippen LogP contribution in [0.2, 0.25) is 0 Å². The van der Waals surface area contributed by atoms with Crippen molar-refractivity contribution in [2.24, 2.45) is 5.10 Å². The molecule has 23 heavy (non-hydrogen) atoms. The van der Waals surface area contributed by atoms with Gasteiger partial charge in [-0.1, -0.05) is 0 Å². The lowest BCUT2D eigenvalue weighted by Crippen LogP contribution is -2.01. The number of nitrogens with zero attached hydrogens (tertiary/aromatic N) is 5. The van der Waals surface area contributed by atoms with E-state index in [9.17, 15) is 0 Å². The van der Waals surface area contributed by atoms with E-state index in [1.807, 2.05) is 37.4 Å². The Morgan fingerprint density at radius 2 is 2.04 bits per heavy atom. The molecule has 0 amide bonds. The molecule has 0 atom stereocenters. The first kappa shape index (κ1) is 14.7. The van der Waals surface area contributed by atoms with E-state index in [1.54, 1.807) is 30.3 Å². The van der Waals surface area contributed by atoms with Gasteiger partial charge in [0.2, 0.25) is 0 Å².